The van der Waals surface area contributed by atoms with Crippen LogP contribution in [0, 0.1) is 0 Å². The van der Waals surface area contributed by atoms with E-state index in [4.69, 9.17) is 10.5 Å². The number of hydrogen-bond donors (Lipinski definition) is 3. The number of ether oxygens (including phenoxy) is 1. The summed E-state index contributed by atoms with van der Waals surface area (Å²) in [5.74, 6) is 0.449. The number of nitrogens with two attached hydrogens (primary N) is 1. The first-order valence-corrected chi connectivity index (χ1v) is 5.48. The average molecular weight is 223 g/mol. The maximum absolute atomic E-state index is 5.72. The van der Waals surface area contributed by atoms with Crippen LogP contribution in [0.25, 0.3) is 0 Å². The van der Waals surface area contributed by atoms with E-state index in [1.165, 1.54) is 0 Å². The van der Waals surface area contributed by atoms with Crippen molar-refractivity contribution in [3.63, 3.8) is 0 Å². The van der Waals surface area contributed by atoms with Gasteiger partial charge in [0, 0.05) is 19.3 Å². The van der Waals surface area contributed by atoms with Crippen molar-refractivity contribution >= 4 is 5.96 Å². The molecule has 1 aromatic rings. The molecule has 1 atom stereocenters. The third-order valence-electron chi connectivity index (χ3n) is 2.51. The number of rotatable bonds is 4. The van der Waals surface area contributed by atoms with Gasteiger partial charge in [-0.15, -0.1) is 0 Å². The highest BCUT2D eigenvalue weighted by Crippen LogP contribution is 2.10. The summed E-state index contributed by atoms with van der Waals surface area (Å²) in [6.45, 7) is 2.11. The molecule has 0 radical (unpaired) electrons. The van der Waals surface area contributed by atoms with Gasteiger partial charge in [0.05, 0.1) is 18.3 Å². The van der Waals surface area contributed by atoms with Gasteiger partial charge in [-0.2, -0.15) is 5.10 Å². The molecule has 1 unspecified atom stereocenters. The molecule has 1 saturated heterocycles. The van der Waals surface area contributed by atoms with Crippen LogP contribution in [0.1, 0.15) is 18.5 Å². The van der Waals surface area contributed by atoms with Gasteiger partial charge >= 0.3 is 0 Å². The summed E-state index contributed by atoms with van der Waals surface area (Å²) in [5.41, 5.74) is 6.66. The Morgan fingerprint density at radius 2 is 2.69 bits per heavy atom. The van der Waals surface area contributed by atoms with E-state index in [2.05, 4.69) is 20.5 Å². The van der Waals surface area contributed by atoms with E-state index in [0.717, 1.165) is 31.7 Å². The van der Waals surface area contributed by atoms with Gasteiger partial charge in [-0.25, -0.2) is 4.99 Å². The molecule has 16 heavy (non-hydrogen) atoms. The molecule has 88 valence electrons. The largest absolute Gasteiger partial charge is 0.376 e. The monoisotopic (exact) mass is 223 g/mol. The summed E-state index contributed by atoms with van der Waals surface area (Å²) in [7, 11) is 0. The van der Waals surface area contributed by atoms with Crippen LogP contribution in [0.15, 0.2) is 17.3 Å². The van der Waals surface area contributed by atoms with Crippen molar-refractivity contribution in [2.75, 3.05) is 13.2 Å². The number of aromatic nitrogens is 2. The predicted octanol–water partition coefficient (Wildman–Crippen LogP) is -0.00700. The van der Waals surface area contributed by atoms with Gasteiger partial charge in [0.2, 0.25) is 0 Å². The molecule has 0 aromatic carbocycles. The van der Waals surface area contributed by atoms with Crippen molar-refractivity contribution in [2.24, 2.45) is 10.7 Å². The summed E-state index contributed by atoms with van der Waals surface area (Å²) in [4.78, 5) is 4.18. The fraction of sp³-hybridized carbons (Fsp3) is 0.600. The third kappa shape index (κ3) is 3.23. The Labute approximate surface area is 94.3 Å². The van der Waals surface area contributed by atoms with Crippen LogP contribution in [0.2, 0.25) is 0 Å². The number of aliphatic imine (C=N–C) groups is 1. The molecule has 2 rings (SSSR count). The lowest BCUT2D eigenvalue weighted by atomic mass is 10.2. The molecule has 4 N–H and O–H groups in total. The minimum atomic E-state index is 0.279. The zero-order valence-corrected chi connectivity index (χ0v) is 9.15. The van der Waals surface area contributed by atoms with Gasteiger partial charge in [0.25, 0.3) is 0 Å². The smallest absolute Gasteiger partial charge is 0.189 e. The lowest BCUT2D eigenvalue weighted by Crippen LogP contribution is -2.37. The molecule has 0 aliphatic carbocycles. The summed E-state index contributed by atoms with van der Waals surface area (Å²) in [5, 5.41) is 9.71. The molecule has 6 nitrogen and oxygen atoms in total. The van der Waals surface area contributed by atoms with Gasteiger partial charge in [-0.1, -0.05) is 0 Å². The zero-order valence-electron chi connectivity index (χ0n) is 9.15. The topological polar surface area (TPSA) is 88.3 Å². The molecule has 0 saturated carbocycles. The van der Waals surface area contributed by atoms with E-state index in [1.807, 2.05) is 6.07 Å². The Morgan fingerprint density at radius 1 is 1.75 bits per heavy atom. The highest BCUT2D eigenvalue weighted by atomic mass is 16.5. The van der Waals surface area contributed by atoms with Gasteiger partial charge in [-0.3, -0.25) is 5.10 Å². The van der Waals surface area contributed by atoms with Crippen LogP contribution in [0.4, 0.5) is 0 Å². The number of nitrogens with zero attached hydrogens (tertiary/aromatic N) is 2. The molecular weight excluding hydrogens is 206 g/mol. The number of aromatic amines is 1. The molecule has 2 heterocycles. The Kier molecular flexibility index (Phi) is 3.76. The van der Waals surface area contributed by atoms with E-state index in [0.29, 0.717) is 12.5 Å². The second-order valence-electron chi connectivity index (χ2n) is 3.80. The predicted molar refractivity (Wildman–Crippen MR) is 60.9 cm³/mol. The van der Waals surface area contributed by atoms with Crippen LogP contribution < -0.4 is 11.1 Å². The number of hydrogen-bond acceptors (Lipinski definition) is 3. The van der Waals surface area contributed by atoms with Crippen molar-refractivity contribution in [1.82, 2.24) is 15.5 Å². The van der Waals surface area contributed by atoms with Crippen LogP contribution in [-0.4, -0.2) is 35.4 Å². The van der Waals surface area contributed by atoms with Crippen LogP contribution in [-0.2, 0) is 11.3 Å². The maximum Gasteiger partial charge on any atom is 0.189 e. The molecule has 1 fully saturated rings. The highest BCUT2D eigenvalue weighted by Gasteiger charge is 2.14. The standard InChI is InChI=1S/C10H17N5O/c11-10(12-6-8-3-4-14-15-8)13-7-9-2-1-5-16-9/h3-4,9H,1-2,5-7H2,(H,14,15)(H3,11,12,13). The molecular formula is C10H17N5O. The molecule has 0 bridgehead atoms. The van der Waals surface area contributed by atoms with Gasteiger partial charge in [0.1, 0.15) is 0 Å². The van der Waals surface area contributed by atoms with Crippen molar-refractivity contribution in [3.05, 3.63) is 18.0 Å². The molecule has 1 aliphatic heterocycles. The molecule has 6 heteroatoms. The van der Waals surface area contributed by atoms with E-state index in [9.17, 15) is 0 Å². The lowest BCUT2D eigenvalue weighted by Gasteiger charge is -2.10. The van der Waals surface area contributed by atoms with E-state index in [1.54, 1.807) is 6.20 Å². The molecule has 0 spiro atoms. The van der Waals surface area contributed by atoms with Gasteiger partial charge in [0.15, 0.2) is 5.96 Å². The van der Waals surface area contributed by atoms with E-state index >= 15 is 0 Å². The Hall–Kier alpha value is -1.56. The Bertz CT molecular complexity index is 329. The van der Waals surface area contributed by atoms with Crippen LogP contribution >= 0.6 is 0 Å². The lowest BCUT2D eigenvalue weighted by molar-refractivity contribution is 0.114. The van der Waals surface area contributed by atoms with Crippen molar-refractivity contribution in [3.8, 4) is 0 Å². The van der Waals surface area contributed by atoms with Crippen LogP contribution in [0.3, 0.4) is 0 Å². The number of nitrogens with one attached hydrogen (secondary N) is 2. The summed E-state index contributed by atoms with van der Waals surface area (Å²) >= 11 is 0. The summed E-state index contributed by atoms with van der Waals surface area (Å²) < 4.78 is 5.46. The van der Waals surface area contributed by atoms with Crippen molar-refractivity contribution < 1.29 is 4.74 Å². The highest BCUT2D eigenvalue weighted by molar-refractivity contribution is 5.77. The van der Waals surface area contributed by atoms with Gasteiger partial charge < -0.3 is 15.8 Å². The number of guanidine groups is 1. The Morgan fingerprint density at radius 3 is 3.38 bits per heavy atom. The SMILES string of the molecule is NC(=NCc1ccn[nH]1)NCC1CCCO1. The van der Waals surface area contributed by atoms with Crippen LogP contribution in [0.5, 0.6) is 0 Å². The van der Waals surface area contributed by atoms with E-state index < -0.39 is 0 Å². The maximum atomic E-state index is 5.72. The fourth-order valence-electron chi connectivity index (χ4n) is 1.62. The fourth-order valence-corrected chi connectivity index (χ4v) is 1.62. The second-order valence-corrected chi connectivity index (χ2v) is 3.80. The minimum Gasteiger partial charge on any atom is -0.376 e. The van der Waals surface area contributed by atoms with Crippen molar-refractivity contribution in [2.45, 2.75) is 25.5 Å². The molecule has 0 amide bonds. The first kappa shape index (κ1) is 10.9. The average Bonchev–Trinajstić information content (AvgIpc) is 2.96. The first-order chi connectivity index (χ1) is 7.84. The summed E-state index contributed by atoms with van der Waals surface area (Å²) in [6, 6.07) is 1.87. The minimum absolute atomic E-state index is 0.279. The second kappa shape index (κ2) is 5.50. The van der Waals surface area contributed by atoms with Gasteiger partial charge in [-0.05, 0) is 18.9 Å². The van der Waals surface area contributed by atoms with E-state index in [-0.39, 0.29) is 6.10 Å². The Balaban J connectivity index is 1.70. The first-order valence-electron chi connectivity index (χ1n) is 5.48. The summed E-state index contributed by atoms with van der Waals surface area (Å²) in [6.07, 6.45) is 4.21. The van der Waals surface area contributed by atoms with Crippen molar-refractivity contribution in [1.29, 1.82) is 0 Å². The third-order valence-corrected chi connectivity index (χ3v) is 2.51. The number of H-pyrrole nitrogens is 1. The molecule has 1 aromatic heterocycles. The zero-order chi connectivity index (χ0) is 11.2. The normalized spacial score (nSPS) is 21.2. The molecule has 1 aliphatic rings. The quantitative estimate of drug-likeness (QED) is 0.495.